The molecule has 0 fully saturated rings. The normalized spacial score (nSPS) is 21.0. The van der Waals surface area contributed by atoms with Gasteiger partial charge in [-0.05, 0) is 61.8 Å². The summed E-state index contributed by atoms with van der Waals surface area (Å²) < 4.78 is 57.9. The maximum absolute atomic E-state index is 14.4. The third kappa shape index (κ3) is 6.22. The SMILES string of the molecule is CC[C@H](O[C@@]1(C)CC[C@H](C(C)C)c2cc(-c3c(F)cccc3F)nnc21)C(=O)NCCS(C)(=O)=O. The summed E-state index contributed by atoms with van der Waals surface area (Å²) in [5.41, 5.74) is 0.281. The highest BCUT2D eigenvalue weighted by molar-refractivity contribution is 7.90. The summed E-state index contributed by atoms with van der Waals surface area (Å²) >= 11 is 0. The lowest BCUT2D eigenvalue weighted by atomic mass is 9.73. The lowest BCUT2D eigenvalue weighted by Crippen LogP contribution is -2.44. The van der Waals surface area contributed by atoms with Gasteiger partial charge in [-0.2, -0.15) is 5.10 Å². The lowest BCUT2D eigenvalue weighted by molar-refractivity contribution is -0.151. The number of fused-ring (bicyclic) bond motifs is 1. The molecule has 35 heavy (non-hydrogen) atoms. The van der Waals surface area contributed by atoms with Gasteiger partial charge in [-0.1, -0.05) is 26.8 Å². The van der Waals surface area contributed by atoms with Gasteiger partial charge >= 0.3 is 0 Å². The fourth-order valence-electron chi connectivity index (χ4n) is 4.59. The Morgan fingerprint density at radius 1 is 1.26 bits per heavy atom. The van der Waals surface area contributed by atoms with Crippen LogP contribution in [0.4, 0.5) is 8.78 Å². The predicted molar refractivity (Wildman–Crippen MR) is 129 cm³/mol. The quantitative estimate of drug-likeness (QED) is 0.546. The summed E-state index contributed by atoms with van der Waals surface area (Å²) in [5, 5.41) is 11.2. The molecule has 2 aromatic rings. The van der Waals surface area contributed by atoms with E-state index in [1.807, 2.05) is 6.92 Å². The number of hydrogen-bond donors (Lipinski definition) is 1. The van der Waals surface area contributed by atoms with Gasteiger partial charge in [0.1, 0.15) is 33.2 Å². The molecule has 1 aromatic heterocycles. The average molecular weight is 510 g/mol. The Hall–Kier alpha value is -2.46. The van der Waals surface area contributed by atoms with E-state index in [-0.39, 0.29) is 35.4 Å². The minimum atomic E-state index is -3.21. The van der Waals surface area contributed by atoms with Gasteiger partial charge in [0.25, 0.3) is 0 Å². The van der Waals surface area contributed by atoms with Crippen molar-refractivity contribution in [2.75, 3.05) is 18.6 Å². The van der Waals surface area contributed by atoms with Gasteiger partial charge in [0, 0.05) is 12.8 Å². The number of benzene rings is 1. The molecule has 3 atom stereocenters. The zero-order valence-electron chi connectivity index (χ0n) is 20.8. The van der Waals surface area contributed by atoms with Gasteiger partial charge < -0.3 is 10.1 Å². The molecular formula is C25H33F2N3O4S. The van der Waals surface area contributed by atoms with Gasteiger partial charge in [0.2, 0.25) is 5.91 Å². The number of nitrogens with zero attached hydrogens (tertiary/aromatic N) is 2. The van der Waals surface area contributed by atoms with E-state index in [1.54, 1.807) is 13.0 Å². The van der Waals surface area contributed by atoms with Crippen molar-refractivity contribution in [2.45, 2.75) is 64.6 Å². The van der Waals surface area contributed by atoms with Crippen molar-refractivity contribution in [3.8, 4) is 11.3 Å². The van der Waals surface area contributed by atoms with Crippen molar-refractivity contribution < 1.29 is 26.7 Å². The summed E-state index contributed by atoms with van der Waals surface area (Å²) in [4.78, 5) is 12.7. The van der Waals surface area contributed by atoms with Gasteiger partial charge in [0.05, 0.1) is 22.7 Å². The Kier molecular flexibility index (Phi) is 8.26. The minimum absolute atomic E-state index is 0.00236. The second-order valence-electron chi connectivity index (χ2n) is 9.69. The van der Waals surface area contributed by atoms with Crippen molar-refractivity contribution >= 4 is 15.7 Å². The summed E-state index contributed by atoms with van der Waals surface area (Å²) in [5.74, 6) is -1.68. The van der Waals surface area contributed by atoms with Crippen molar-refractivity contribution in [3.63, 3.8) is 0 Å². The van der Waals surface area contributed by atoms with E-state index in [2.05, 4.69) is 29.4 Å². The molecular weight excluding hydrogens is 476 g/mol. The maximum atomic E-state index is 14.4. The minimum Gasteiger partial charge on any atom is -0.356 e. The van der Waals surface area contributed by atoms with E-state index in [0.717, 1.165) is 18.2 Å². The summed E-state index contributed by atoms with van der Waals surface area (Å²) in [6.07, 6.45) is 1.97. The smallest absolute Gasteiger partial charge is 0.249 e. The van der Waals surface area contributed by atoms with Crippen LogP contribution < -0.4 is 5.32 Å². The molecule has 0 bridgehead atoms. The van der Waals surface area contributed by atoms with Crippen LogP contribution >= 0.6 is 0 Å². The third-order valence-electron chi connectivity index (χ3n) is 6.52. The molecule has 1 aliphatic rings. The molecule has 192 valence electrons. The van der Waals surface area contributed by atoms with Crippen LogP contribution in [0.5, 0.6) is 0 Å². The van der Waals surface area contributed by atoms with Crippen LogP contribution in [-0.4, -0.2) is 49.2 Å². The fourth-order valence-corrected chi connectivity index (χ4v) is 5.06. The van der Waals surface area contributed by atoms with Crippen molar-refractivity contribution in [2.24, 2.45) is 5.92 Å². The first kappa shape index (κ1) is 27.1. The van der Waals surface area contributed by atoms with Crippen molar-refractivity contribution in [1.29, 1.82) is 0 Å². The molecule has 0 spiro atoms. The largest absolute Gasteiger partial charge is 0.356 e. The number of aromatic nitrogens is 2. The van der Waals surface area contributed by atoms with Crippen molar-refractivity contribution in [3.05, 3.63) is 47.2 Å². The zero-order valence-corrected chi connectivity index (χ0v) is 21.6. The summed E-state index contributed by atoms with van der Waals surface area (Å²) in [6, 6.07) is 5.35. The van der Waals surface area contributed by atoms with E-state index in [9.17, 15) is 22.0 Å². The standard InChI is InChI=1S/C25H33F2N3O4S/c1-6-21(24(31)28-12-13-35(5,32)33)34-25(4)11-10-16(15(2)3)17-14-20(29-30-23(17)25)22-18(26)8-7-9-19(22)27/h7-9,14-16,21H,6,10-13H2,1-5H3,(H,28,31)/t16-,21+,25+/m1/s1. The molecule has 0 saturated carbocycles. The number of nitrogens with one attached hydrogen (secondary N) is 1. The molecule has 1 aliphatic carbocycles. The number of ether oxygens (including phenoxy) is 1. The fraction of sp³-hybridized carbons (Fsp3) is 0.560. The lowest BCUT2D eigenvalue weighted by Gasteiger charge is -2.41. The van der Waals surface area contributed by atoms with Crippen LogP contribution in [0.2, 0.25) is 0 Å². The van der Waals surface area contributed by atoms with E-state index in [4.69, 9.17) is 4.74 Å². The third-order valence-corrected chi connectivity index (χ3v) is 7.46. The maximum Gasteiger partial charge on any atom is 0.249 e. The molecule has 0 unspecified atom stereocenters. The molecule has 1 N–H and O–H groups in total. The first-order valence-corrected chi connectivity index (χ1v) is 13.9. The van der Waals surface area contributed by atoms with Crippen LogP contribution in [0.25, 0.3) is 11.3 Å². The molecule has 0 radical (unpaired) electrons. The summed E-state index contributed by atoms with van der Waals surface area (Å²) in [7, 11) is -3.21. The highest BCUT2D eigenvalue weighted by atomic mass is 32.2. The highest BCUT2D eigenvalue weighted by Gasteiger charge is 2.42. The Morgan fingerprint density at radius 3 is 2.49 bits per heavy atom. The first-order valence-electron chi connectivity index (χ1n) is 11.8. The second kappa shape index (κ2) is 10.7. The van der Waals surface area contributed by atoms with E-state index in [1.165, 1.54) is 18.2 Å². The van der Waals surface area contributed by atoms with Crippen LogP contribution in [0.15, 0.2) is 24.3 Å². The number of sulfone groups is 1. The van der Waals surface area contributed by atoms with Crippen LogP contribution in [-0.2, 0) is 25.0 Å². The van der Waals surface area contributed by atoms with Crippen LogP contribution in [0.3, 0.4) is 0 Å². The Balaban J connectivity index is 1.94. The number of hydrogen-bond acceptors (Lipinski definition) is 6. The molecule has 3 rings (SSSR count). The summed E-state index contributed by atoms with van der Waals surface area (Å²) in [6.45, 7) is 7.79. The Morgan fingerprint density at radius 2 is 1.91 bits per heavy atom. The monoisotopic (exact) mass is 509 g/mol. The van der Waals surface area contributed by atoms with E-state index >= 15 is 0 Å². The number of halogens is 2. The van der Waals surface area contributed by atoms with E-state index in [0.29, 0.717) is 18.5 Å². The highest BCUT2D eigenvalue weighted by Crippen LogP contribution is 2.46. The molecule has 10 heteroatoms. The Bertz CT molecular complexity index is 1170. The number of rotatable bonds is 9. The van der Waals surface area contributed by atoms with Gasteiger partial charge in [-0.3, -0.25) is 4.79 Å². The average Bonchev–Trinajstić information content (AvgIpc) is 2.76. The van der Waals surface area contributed by atoms with Gasteiger partial charge in [-0.25, -0.2) is 17.2 Å². The van der Waals surface area contributed by atoms with E-state index < -0.39 is 39.1 Å². The zero-order chi connectivity index (χ0) is 26.0. The Labute approximate surface area is 205 Å². The second-order valence-corrected chi connectivity index (χ2v) is 11.9. The van der Waals surface area contributed by atoms with Crippen LogP contribution in [0.1, 0.15) is 64.1 Å². The predicted octanol–water partition coefficient (Wildman–Crippen LogP) is 4.13. The molecule has 7 nitrogen and oxygen atoms in total. The number of carbonyl (C=O) groups is 1. The number of carbonyl (C=O) groups excluding carboxylic acids is 1. The van der Waals surface area contributed by atoms with Gasteiger partial charge in [-0.15, -0.1) is 5.10 Å². The topological polar surface area (TPSA) is 98.2 Å². The van der Waals surface area contributed by atoms with Crippen LogP contribution in [0, 0.1) is 17.6 Å². The van der Waals surface area contributed by atoms with Crippen molar-refractivity contribution in [1.82, 2.24) is 15.5 Å². The molecule has 1 aromatic carbocycles. The molecule has 0 saturated heterocycles. The number of amides is 1. The molecule has 1 heterocycles. The molecule has 1 amide bonds. The van der Waals surface area contributed by atoms with Gasteiger partial charge in [0.15, 0.2) is 0 Å². The molecule has 0 aliphatic heterocycles. The first-order chi connectivity index (χ1) is 16.4.